The fraction of sp³-hybridized carbons (Fsp3) is 0.727. The summed E-state index contributed by atoms with van der Waals surface area (Å²) in [5, 5.41) is 10.9. The van der Waals surface area contributed by atoms with Crippen LogP contribution >= 0.6 is 0 Å². The normalized spacial score (nSPS) is 18.9. The molecular weight excluding hydrogens is 206 g/mol. The summed E-state index contributed by atoms with van der Waals surface area (Å²) in [5.74, 6) is 0.486. The third-order valence-corrected chi connectivity index (χ3v) is 3.12. The van der Waals surface area contributed by atoms with E-state index in [4.69, 9.17) is 0 Å². The molecule has 1 saturated carbocycles. The fourth-order valence-corrected chi connectivity index (χ4v) is 2.23. The number of allylic oxidation sites excluding steroid dienone is 1. The summed E-state index contributed by atoms with van der Waals surface area (Å²) in [4.78, 5) is 16.5. The Kier molecular flexibility index (Phi) is 4.46. The Morgan fingerprint density at radius 3 is 2.44 bits per heavy atom. The van der Waals surface area contributed by atoms with Gasteiger partial charge in [0.25, 0.3) is 0 Å². The van der Waals surface area contributed by atoms with Gasteiger partial charge < -0.3 is 4.90 Å². The Labute approximate surface area is 96.0 Å². The maximum Gasteiger partial charge on any atom is 0.306 e. The van der Waals surface area contributed by atoms with Crippen molar-refractivity contribution in [3.8, 4) is 0 Å². The Morgan fingerprint density at radius 1 is 1.50 bits per heavy atom. The molecule has 1 aliphatic carbocycles. The highest BCUT2D eigenvalue weighted by Crippen LogP contribution is 2.23. The van der Waals surface area contributed by atoms with Crippen LogP contribution in [-0.4, -0.2) is 35.8 Å². The van der Waals surface area contributed by atoms with Crippen LogP contribution in [0.1, 0.15) is 32.6 Å². The van der Waals surface area contributed by atoms with Crippen LogP contribution in [0.4, 0.5) is 0 Å². The molecule has 0 amide bonds. The second-order valence-corrected chi connectivity index (χ2v) is 4.03. The van der Waals surface area contributed by atoms with Gasteiger partial charge in [-0.2, -0.15) is 0 Å². The van der Waals surface area contributed by atoms with Crippen molar-refractivity contribution in [3.63, 3.8) is 0 Å². The number of amidine groups is 1. The third-order valence-electron chi connectivity index (χ3n) is 3.12. The molecule has 5 heteroatoms. The lowest BCUT2D eigenvalue weighted by Crippen LogP contribution is -2.37. The first-order valence-electron chi connectivity index (χ1n) is 5.62. The van der Waals surface area contributed by atoms with Crippen molar-refractivity contribution >= 4 is 5.84 Å². The molecule has 1 fully saturated rings. The maximum absolute atomic E-state index is 10.9. The predicted octanol–water partition coefficient (Wildman–Crippen LogP) is 2.07. The summed E-state index contributed by atoms with van der Waals surface area (Å²) in [6, 6.07) is 0.397. The van der Waals surface area contributed by atoms with Crippen LogP contribution in [0.5, 0.6) is 0 Å². The summed E-state index contributed by atoms with van der Waals surface area (Å²) in [6.45, 7) is 1.67. The second-order valence-electron chi connectivity index (χ2n) is 4.03. The van der Waals surface area contributed by atoms with Crippen molar-refractivity contribution in [2.45, 2.75) is 38.6 Å². The van der Waals surface area contributed by atoms with E-state index in [1.807, 2.05) is 11.9 Å². The van der Waals surface area contributed by atoms with Gasteiger partial charge in [-0.25, -0.2) is 0 Å². The van der Waals surface area contributed by atoms with Gasteiger partial charge in [0.05, 0.1) is 4.92 Å². The molecule has 0 radical (unpaired) electrons. The lowest BCUT2D eigenvalue weighted by Gasteiger charge is -2.25. The zero-order valence-electron chi connectivity index (χ0n) is 10.1. The average molecular weight is 225 g/mol. The molecule has 16 heavy (non-hydrogen) atoms. The van der Waals surface area contributed by atoms with Gasteiger partial charge in [-0.05, 0) is 25.8 Å². The zero-order valence-corrected chi connectivity index (χ0v) is 10.1. The SMILES string of the molecule is C/C=C(\C(=NC)N(C)C1CCCC1)[N+](=O)[O-]. The van der Waals surface area contributed by atoms with Crippen LogP contribution < -0.4 is 0 Å². The summed E-state index contributed by atoms with van der Waals surface area (Å²) < 4.78 is 0. The molecule has 0 N–H and O–H groups in total. The van der Waals surface area contributed by atoms with Crippen molar-refractivity contribution < 1.29 is 4.92 Å². The molecule has 1 rings (SSSR count). The highest BCUT2D eigenvalue weighted by atomic mass is 16.6. The molecule has 0 aromatic carbocycles. The molecule has 0 bridgehead atoms. The van der Waals surface area contributed by atoms with E-state index < -0.39 is 0 Å². The lowest BCUT2D eigenvalue weighted by molar-refractivity contribution is -0.416. The maximum atomic E-state index is 10.9. The van der Waals surface area contributed by atoms with Crippen LogP contribution in [0.25, 0.3) is 0 Å². The first-order chi connectivity index (χ1) is 7.61. The molecule has 5 nitrogen and oxygen atoms in total. The average Bonchev–Trinajstić information content (AvgIpc) is 2.77. The molecule has 0 aliphatic heterocycles. The van der Waals surface area contributed by atoms with E-state index in [-0.39, 0.29) is 10.6 Å². The minimum absolute atomic E-state index is 0.0944. The molecule has 0 atom stereocenters. The van der Waals surface area contributed by atoms with Gasteiger partial charge in [0.1, 0.15) is 0 Å². The monoisotopic (exact) mass is 225 g/mol. The summed E-state index contributed by atoms with van der Waals surface area (Å²) in [6.07, 6.45) is 6.12. The molecule has 0 aromatic heterocycles. The van der Waals surface area contributed by atoms with E-state index in [1.54, 1.807) is 14.0 Å². The van der Waals surface area contributed by atoms with Crippen LogP contribution in [0.2, 0.25) is 0 Å². The van der Waals surface area contributed by atoms with Gasteiger partial charge in [-0.1, -0.05) is 12.8 Å². The quantitative estimate of drug-likeness (QED) is 0.320. The number of nitrogens with zero attached hydrogens (tertiary/aromatic N) is 3. The molecule has 0 aromatic rings. The number of likely N-dealkylation sites (N-methyl/N-ethyl adjacent to an activating group) is 1. The van der Waals surface area contributed by atoms with Crippen molar-refractivity contribution in [2.75, 3.05) is 14.1 Å². The van der Waals surface area contributed by atoms with E-state index in [2.05, 4.69) is 4.99 Å². The molecule has 0 unspecified atom stereocenters. The Morgan fingerprint density at radius 2 is 2.06 bits per heavy atom. The number of aliphatic imine (C=N–C) groups is 1. The lowest BCUT2D eigenvalue weighted by atomic mass is 10.2. The van der Waals surface area contributed by atoms with Gasteiger partial charge in [0.15, 0.2) is 0 Å². The standard InChI is InChI=1S/C11H19N3O2/c1-4-10(14(15)16)11(12-2)13(3)9-7-5-6-8-9/h4,9H,5-8H2,1-3H3/b10-4+,12-11?. The first-order valence-corrected chi connectivity index (χ1v) is 5.62. The number of hydrogen-bond donors (Lipinski definition) is 0. The Bertz CT molecular complexity index is 317. The van der Waals surface area contributed by atoms with Crippen LogP contribution in [0.3, 0.4) is 0 Å². The van der Waals surface area contributed by atoms with Gasteiger partial charge >= 0.3 is 5.70 Å². The summed E-state index contributed by atoms with van der Waals surface area (Å²) in [7, 11) is 3.50. The van der Waals surface area contributed by atoms with Gasteiger partial charge in [-0.15, -0.1) is 0 Å². The first kappa shape index (κ1) is 12.7. The van der Waals surface area contributed by atoms with Gasteiger partial charge in [-0.3, -0.25) is 15.1 Å². The summed E-state index contributed by atoms with van der Waals surface area (Å²) in [5.41, 5.74) is 0.0944. The minimum Gasteiger partial charge on any atom is -0.351 e. The topological polar surface area (TPSA) is 58.7 Å². The number of hydrogen-bond acceptors (Lipinski definition) is 3. The molecule has 1 aliphatic rings. The predicted molar refractivity (Wildman–Crippen MR) is 64.1 cm³/mol. The van der Waals surface area contributed by atoms with Gasteiger partial charge in [0.2, 0.25) is 5.84 Å². The molecule has 0 saturated heterocycles. The van der Waals surface area contributed by atoms with E-state index in [9.17, 15) is 10.1 Å². The van der Waals surface area contributed by atoms with E-state index in [0.29, 0.717) is 11.9 Å². The molecule has 0 spiro atoms. The smallest absolute Gasteiger partial charge is 0.306 e. The Balaban J connectivity index is 2.85. The highest BCUT2D eigenvalue weighted by molar-refractivity contribution is 5.96. The number of nitro groups is 1. The number of rotatable bonds is 3. The van der Waals surface area contributed by atoms with E-state index in [1.165, 1.54) is 18.9 Å². The van der Waals surface area contributed by atoms with Gasteiger partial charge in [0, 0.05) is 20.1 Å². The zero-order chi connectivity index (χ0) is 12.1. The van der Waals surface area contributed by atoms with Crippen molar-refractivity contribution in [1.82, 2.24) is 4.90 Å². The fourth-order valence-electron chi connectivity index (χ4n) is 2.23. The Hall–Kier alpha value is -1.39. The van der Waals surface area contributed by atoms with E-state index >= 15 is 0 Å². The van der Waals surface area contributed by atoms with Crippen molar-refractivity contribution in [1.29, 1.82) is 0 Å². The summed E-state index contributed by atoms with van der Waals surface area (Å²) >= 11 is 0. The largest absolute Gasteiger partial charge is 0.351 e. The molecular formula is C11H19N3O2. The van der Waals surface area contributed by atoms with Crippen molar-refractivity contribution in [2.24, 2.45) is 4.99 Å². The molecule has 0 heterocycles. The second kappa shape index (κ2) is 5.63. The van der Waals surface area contributed by atoms with E-state index in [0.717, 1.165) is 12.8 Å². The van der Waals surface area contributed by atoms with Crippen molar-refractivity contribution in [3.05, 3.63) is 21.9 Å². The van der Waals surface area contributed by atoms with Crippen LogP contribution in [0, 0.1) is 10.1 Å². The minimum atomic E-state index is -0.367. The molecule has 90 valence electrons. The highest BCUT2D eigenvalue weighted by Gasteiger charge is 2.28. The third kappa shape index (κ3) is 2.59. The van der Waals surface area contributed by atoms with Crippen LogP contribution in [0.15, 0.2) is 16.8 Å². The van der Waals surface area contributed by atoms with Crippen LogP contribution in [-0.2, 0) is 0 Å².